The molecule has 2 aromatic carbocycles. The number of rotatable bonds is 4. The van der Waals surface area contributed by atoms with Crippen LogP contribution in [0, 0.1) is 10.1 Å². The summed E-state index contributed by atoms with van der Waals surface area (Å²) in [7, 11) is 0. The Hall–Kier alpha value is -0.270. The van der Waals surface area contributed by atoms with Gasteiger partial charge in [0.2, 0.25) is 0 Å². The number of thiol groups is 1. The lowest BCUT2D eigenvalue weighted by atomic mass is 9.97. The van der Waals surface area contributed by atoms with Gasteiger partial charge in [-0.1, -0.05) is 30.3 Å². The number of para-hydroxylation sites is 1. The molecule has 1 N–H and O–H groups in total. The second-order valence-corrected chi connectivity index (χ2v) is 10.5. The zero-order valence-corrected chi connectivity index (χ0v) is 21.2. The molecule has 31 heavy (non-hydrogen) atoms. The van der Waals surface area contributed by atoms with Crippen molar-refractivity contribution in [1.29, 1.82) is 0 Å². The van der Waals surface area contributed by atoms with Crippen LogP contribution in [0.5, 0.6) is 5.75 Å². The van der Waals surface area contributed by atoms with Gasteiger partial charge in [-0.3, -0.25) is 10.1 Å². The summed E-state index contributed by atoms with van der Waals surface area (Å²) in [6.07, 6.45) is 0.463. The van der Waals surface area contributed by atoms with E-state index >= 15 is 0 Å². The fourth-order valence-electron chi connectivity index (χ4n) is 2.94. The van der Waals surface area contributed by atoms with Crippen molar-refractivity contribution in [1.82, 2.24) is 0 Å². The van der Waals surface area contributed by atoms with Crippen molar-refractivity contribution in [3.8, 4) is 5.75 Å². The number of nitro groups is 1. The van der Waals surface area contributed by atoms with E-state index in [2.05, 4.69) is 12.6 Å². The van der Waals surface area contributed by atoms with E-state index in [1.807, 2.05) is 0 Å². The molecule has 0 saturated heterocycles. The number of hydrogen-bond donors (Lipinski definition) is 2. The molecule has 2 aromatic rings. The van der Waals surface area contributed by atoms with E-state index in [-0.39, 0.29) is 21.6 Å². The van der Waals surface area contributed by atoms with Gasteiger partial charge in [-0.25, -0.2) is 0 Å². The van der Waals surface area contributed by atoms with Crippen molar-refractivity contribution >= 4 is 87.9 Å². The molecule has 1 unspecified atom stereocenters. The summed E-state index contributed by atoms with van der Waals surface area (Å²) in [4.78, 5) is 10.5. The first-order valence-corrected chi connectivity index (χ1v) is 12.2. The number of nitro benzene ring substituents is 1. The molecule has 0 aromatic heterocycles. The number of phenolic OH excluding ortho intramolecular Hbond substituents is 1. The first-order valence-electron chi connectivity index (χ1n) is 9.08. The smallest absolute Gasteiger partial charge is 0.272 e. The predicted molar refractivity (Wildman–Crippen MR) is 134 cm³/mol. The molecule has 1 aliphatic rings. The first-order chi connectivity index (χ1) is 14.5. The van der Waals surface area contributed by atoms with E-state index in [0.29, 0.717) is 12.0 Å². The Labute approximate surface area is 216 Å². The van der Waals surface area contributed by atoms with E-state index < -0.39 is 32.3 Å². The molecular weight excluding hydrogens is 547 g/mol. The van der Waals surface area contributed by atoms with Crippen molar-refractivity contribution in [3.63, 3.8) is 0 Å². The maximum absolute atomic E-state index is 10.9. The highest BCUT2D eigenvalue weighted by Gasteiger charge is 2.46. The monoisotopic (exact) mass is 563 g/mol. The molecule has 11 heteroatoms. The molecule has 0 aliphatic heterocycles. The molecule has 0 bridgehead atoms. The van der Waals surface area contributed by atoms with Gasteiger partial charge < -0.3 is 5.11 Å². The third kappa shape index (κ3) is 7.10. The van der Waals surface area contributed by atoms with Crippen molar-refractivity contribution in [3.05, 3.63) is 69.8 Å². The molecule has 1 fully saturated rings. The Bertz CT molecular complexity index is 816. The average molecular weight is 566 g/mol. The highest BCUT2D eigenvalue weighted by molar-refractivity contribution is 7.80. The Morgan fingerprint density at radius 3 is 1.68 bits per heavy atom. The van der Waals surface area contributed by atoms with Crippen molar-refractivity contribution in [2.45, 2.75) is 43.9 Å². The summed E-state index contributed by atoms with van der Waals surface area (Å²) in [6, 6.07) is 13.4. The fraction of sp³-hybridized carbons (Fsp3) is 0.400. The Morgan fingerprint density at radius 2 is 1.26 bits per heavy atom. The Balaban J connectivity index is 0.000000245. The van der Waals surface area contributed by atoms with Gasteiger partial charge in [0.15, 0.2) is 0 Å². The Kier molecular flexibility index (Phi) is 10.7. The van der Waals surface area contributed by atoms with Crippen LogP contribution in [0.2, 0.25) is 0 Å². The van der Waals surface area contributed by atoms with Crippen LogP contribution in [0.4, 0.5) is 5.69 Å². The predicted octanol–water partition coefficient (Wildman–Crippen LogP) is 7.16. The molecule has 0 amide bonds. The Morgan fingerprint density at radius 1 is 0.839 bits per heavy atom. The second kappa shape index (κ2) is 12.3. The third-order valence-corrected chi connectivity index (χ3v) is 9.22. The van der Waals surface area contributed by atoms with Gasteiger partial charge >= 0.3 is 0 Å². The quantitative estimate of drug-likeness (QED) is 0.179. The number of alkyl halides is 6. The van der Waals surface area contributed by atoms with Crippen LogP contribution in [0.25, 0.3) is 0 Å². The van der Waals surface area contributed by atoms with Gasteiger partial charge in [-0.2, -0.15) is 12.6 Å². The lowest BCUT2D eigenvalue weighted by molar-refractivity contribution is -0.385. The summed E-state index contributed by atoms with van der Waals surface area (Å²) in [6.45, 7) is 0. The molecular formula is C20H19Cl6NO3S. The largest absolute Gasteiger partial charge is 0.508 e. The van der Waals surface area contributed by atoms with Crippen molar-refractivity contribution in [2.75, 3.05) is 0 Å². The highest BCUT2D eigenvalue weighted by Crippen LogP contribution is 2.39. The van der Waals surface area contributed by atoms with Gasteiger partial charge in [0.1, 0.15) is 5.75 Å². The fourth-order valence-corrected chi connectivity index (χ4v) is 5.63. The number of aromatic hydroxyl groups is 1. The molecule has 4 nitrogen and oxygen atoms in total. The van der Waals surface area contributed by atoms with Gasteiger partial charge in [0.05, 0.1) is 37.2 Å². The zero-order chi connectivity index (χ0) is 23.3. The van der Waals surface area contributed by atoms with E-state index in [9.17, 15) is 15.2 Å². The van der Waals surface area contributed by atoms with Crippen LogP contribution in [-0.2, 0) is 6.42 Å². The minimum Gasteiger partial charge on any atom is -0.508 e. The van der Waals surface area contributed by atoms with Crippen LogP contribution in [0.3, 0.4) is 0 Å². The number of halogens is 6. The normalized spacial score (nSPS) is 28.9. The number of hydrogen-bond acceptors (Lipinski definition) is 4. The van der Waals surface area contributed by atoms with Crippen molar-refractivity contribution < 1.29 is 10.0 Å². The van der Waals surface area contributed by atoms with E-state index in [4.69, 9.17) is 69.6 Å². The minimum absolute atomic E-state index is 0.111. The number of nitrogens with zero attached hydrogens (tertiary/aromatic N) is 1. The number of benzene rings is 2. The molecule has 1 atom stereocenters. The molecule has 1 aliphatic carbocycles. The lowest BCUT2D eigenvalue weighted by Gasteiger charge is -2.37. The summed E-state index contributed by atoms with van der Waals surface area (Å²) < 4.78 is 0. The van der Waals surface area contributed by atoms with Crippen LogP contribution < -0.4 is 0 Å². The van der Waals surface area contributed by atoms with Gasteiger partial charge in [-0.05, 0) is 24.1 Å². The van der Waals surface area contributed by atoms with Gasteiger partial charge in [-0.15, -0.1) is 69.6 Å². The molecule has 170 valence electrons. The lowest BCUT2D eigenvalue weighted by Crippen LogP contribution is -2.52. The van der Waals surface area contributed by atoms with E-state index in [0.717, 1.165) is 5.56 Å². The van der Waals surface area contributed by atoms with Crippen LogP contribution >= 0.6 is 82.2 Å². The molecule has 3 rings (SSSR count). The van der Waals surface area contributed by atoms with Gasteiger partial charge in [0, 0.05) is 16.9 Å². The summed E-state index contributed by atoms with van der Waals surface area (Å²) >= 11 is 39.8. The molecule has 1 saturated carbocycles. The first kappa shape index (κ1) is 27.0. The number of phenols is 1. The summed E-state index contributed by atoms with van der Waals surface area (Å²) in [5.74, 6) is 0.190. The molecule has 0 spiro atoms. The van der Waals surface area contributed by atoms with Crippen LogP contribution in [0.1, 0.15) is 16.4 Å². The molecule has 0 heterocycles. The van der Waals surface area contributed by atoms with Crippen molar-refractivity contribution in [2.24, 2.45) is 0 Å². The maximum atomic E-state index is 10.9. The highest BCUT2D eigenvalue weighted by atomic mass is 35.5. The summed E-state index contributed by atoms with van der Waals surface area (Å²) in [5, 5.41) is 17.4. The minimum atomic E-state index is -0.437. The van der Waals surface area contributed by atoms with E-state index in [1.54, 1.807) is 42.5 Å². The second-order valence-electron chi connectivity index (χ2n) is 6.86. The maximum Gasteiger partial charge on any atom is 0.272 e. The van der Waals surface area contributed by atoms with Gasteiger partial charge in [0.25, 0.3) is 5.69 Å². The molecule has 0 radical (unpaired) electrons. The average Bonchev–Trinajstić information content (AvgIpc) is 2.76. The standard InChI is InChI=1S/C14H13NO3S.C6H6Cl6/c16-12-7-5-10(6-8-12)14(19)9-11-3-1-2-4-13(11)15(17)18;7-1-2(8)4(10)6(12)5(11)3(1)9/h1-8,14,16,19H,9H2;1-6H. The summed E-state index contributed by atoms with van der Waals surface area (Å²) in [5.41, 5.74) is 1.68. The third-order valence-electron chi connectivity index (χ3n) is 4.70. The van der Waals surface area contributed by atoms with E-state index in [1.165, 1.54) is 6.07 Å². The SMILES string of the molecule is ClC1C(Cl)C(Cl)C(Cl)C(Cl)C1Cl.O=[N+]([O-])c1ccccc1CC(S)c1ccc(O)cc1. The zero-order valence-electron chi connectivity index (χ0n) is 15.8. The van der Waals surface area contributed by atoms with Crippen LogP contribution in [-0.4, -0.2) is 42.3 Å². The topological polar surface area (TPSA) is 63.4 Å². The van der Waals surface area contributed by atoms with Crippen LogP contribution in [0.15, 0.2) is 48.5 Å².